The van der Waals surface area contributed by atoms with Crippen molar-refractivity contribution in [3.8, 4) is 5.75 Å². The number of rotatable bonds is 6. The van der Waals surface area contributed by atoms with E-state index in [9.17, 15) is 9.59 Å². The summed E-state index contributed by atoms with van der Waals surface area (Å²) in [6.07, 6.45) is 1.64. The normalized spacial score (nSPS) is 11.4. The molecule has 2 aromatic heterocycles. The smallest absolute Gasteiger partial charge is 0.332 e. The van der Waals surface area contributed by atoms with Crippen LogP contribution in [0.15, 0.2) is 67.7 Å². The number of hydrogen-bond acceptors (Lipinski definition) is 6. The summed E-state index contributed by atoms with van der Waals surface area (Å²) in [6, 6.07) is 15.2. The molecular weight excluding hydrogens is 476 g/mol. The zero-order valence-corrected chi connectivity index (χ0v) is 19.3. The summed E-state index contributed by atoms with van der Waals surface area (Å²) in [6.45, 7) is 0.365. The number of methoxy groups -OCH3 is 1. The number of halogens is 1. The Morgan fingerprint density at radius 1 is 1.12 bits per heavy atom. The quantitative estimate of drug-likeness (QED) is 0.327. The monoisotopic (exact) mass is 496 g/mol. The van der Waals surface area contributed by atoms with Crippen molar-refractivity contribution < 1.29 is 4.74 Å². The molecule has 0 aliphatic carbocycles. The second kappa shape index (κ2) is 8.83. The van der Waals surface area contributed by atoms with E-state index in [1.807, 2.05) is 48.5 Å². The lowest BCUT2D eigenvalue weighted by Crippen LogP contribution is -2.37. The van der Waals surface area contributed by atoms with Crippen molar-refractivity contribution in [3.63, 3.8) is 0 Å². The van der Waals surface area contributed by atoms with E-state index in [0.29, 0.717) is 18.0 Å². The van der Waals surface area contributed by atoms with Gasteiger partial charge >= 0.3 is 5.69 Å². The maximum atomic E-state index is 12.9. The highest BCUT2D eigenvalue weighted by Crippen LogP contribution is 2.20. The molecule has 0 fully saturated rings. The lowest BCUT2D eigenvalue weighted by Gasteiger charge is -2.09. The number of aromatic nitrogens is 4. The van der Waals surface area contributed by atoms with Crippen LogP contribution in [0, 0.1) is 0 Å². The molecule has 9 nitrogen and oxygen atoms in total. The van der Waals surface area contributed by atoms with E-state index in [1.54, 1.807) is 24.9 Å². The largest absolute Gasteiger partial charge is 0.497 e. The second-order valence-electron chi connectivity index (χ2n) is 7.17. The zero-order valence-electron chi connectivity index (χ0n) is 17.7. The van der Waals surface area contributed by atoms with E-state index in [-0.39, 0.29) is 5.65 Å². The Hall–Kier alpha value is -3.66. The highest BCUT2D eigenvalue weighted by molar-refractivity contribution is 9.10. The molecular formula is C22H21BrN6O3. The van der Waals surface area contributed by atoms with Crippen molar-refractivity contribution in [1.82, 2.24) is 18.7 Å². The van der Waals surface area contributed by atoms with Crippen molar-refractivity contribution in [2.75, 3.05) is 12.5 Å². The number of hydrogen-bond donors (Lipinski definition) is 1. The Morgan fingerprint density at radius 2 is 1.88 bits per heavy atom. The van der Waals surface area contributed by atoms with Gasteiger partial charge in [0.1, 0.15) is 5.75 Å². The molecule has 0 spiro atoms. The fourth-order valence-electron chi connectivity index (χ4n) is 3.36. The maximum absolute atomic E-state index is 12.9. The van der Waals surface area contributed by atoms with Crippen LogP contribution in [0.1, 0.15) is 11.1 Å². The molecule has 0 saturated heterocycles. The SMILES string of the molecule is COc1ccc(/C=N\Nc2nc3c(c(=O)n(C)c(=O)n3C)n2Cc2cccc(Br)c2)cc1. The molecule has 1 N–H and O–H groups in total. The molecule has 2 heterocycles. The number of ether oxygens (including phenoxy) is 1. The Labute approximate surface area is 191 Å². The van der Waals surface area contributed by atoms with Gasteiger partial charge in [0.05, 0.1) is 19.9 Å². The Bertz CT molecular complexity index is 1430. The molecule has 0 bridgehead atoms. The van der Waals surface area contributed by atoms with Crippen molar-refractivity contribution in [3.05, 3.63) is 85.0 Å². The van der Waals surface area contributed by atoms with Crippen LogP contribution in [0.3, 0.4) is 0 Å². The van der Waals surface area contributed by atoms with Crippen LogP contribution in [-0.2, 0) is 20.6 Å². The first kappa shape index (κ1) is 21.6. The average molecular weight is 497 g/mol. The van der Waals surface area contributed by atoms with Gasteiger partial charge in [-0.15, -0.1) is 0 Å². The molecule has 0 aliphatic heterocycles. The number of fused-ring (bicyclic) bond motifs is 1. The zero-order chi connectivity index (χ0) is 22.8. The molecule has 0 unspecified atom stereocenters. The van der Waals surface area contributed by atoms with E-state index in [4.69, 9.17) is 4.74 Å². The standard InChI is InChI=1S/C22H21BrN6O3/c1-27-19-18(20(30)28(2)22(27)31)29(13-15-5-4-6-16(23)11-15)21(25-19)26-24-12-14-7-9-17(32-3)10-8-14/h4-12H,13H2,1-3H3,(H,25,26)/b24-12-. The Morgan fingerprint density at radius 3 is 2.56 bits per heavy atom. The molecule has 10 heteroatoms. The predicted octanol–water partition coefficient (Wildman–Crippen LogP) is 2.70. The van der Waals surface area contributed by atoms with Gasteiger partial charge in [0.2, 0.25) is 5.95 Å². The summed E-state index contributed by atoms with van der Waals surface area (Å²) in [5.74, 6) is 1.10. The third-order valence-electron chi connectivity index (χ3n) is 5.07. The Balaban J connectivity index is 1.78. The first-order valence-corrected chi connectivity index (χ1v) is 10.5. The van der Waals surface area contributed by atoms with E-state index >= 15 is 0 Å². The van der Waals surface area contributed by atoms with Crippen LogP contribution < -0.4 is 21.4 Å². The molecule has 0 atom stereocenters. The van der Waals surface area contributed by atoms with Crippen molar-refractivity contribution in [1.29, 1.82) is 0 Å². The van der Waals surface area contributed by atoms with Gasteiger partial charge in [0, 0.05) is 18.6 Å². The summed E-state index contributed by atoms with van der Waals surface area (Å²) >= 11 is 3.48. The molecule has 0 saturated carbocycles. The summed E-state index contributed by atoms with van der Waals surface area (Å²) in [7, 11) is 4.65. The van der Waals surface area contributed by atoms with Crippen LogP contribution >= 0.6 is 15.9 Å². The Kier molecular flexibility index (Phi) is 5.95. The molecule has 32 heavy (non-hydrogen) atoms. The van der Waals surface area contributed by atoms with Gasteiger partial charge in [-0.25, -0.2) is 10.2 Å². The summed E-state index contributed by atoms with van der Waals surface area (Å²) in [4.78, 5) is 29.8. The van der Waals surface area contributed by atoms with Crippen LogP contribution in [0.2, 0.25) is 0 Å². The number of hydrazone groups is 1. The first-order valence-electron chi connectivity index (χ1n) is 9.73. The van der Waals surface area contributed by atoms with Crippen LogP contribution in [0.4, 0.5) is 5.95 Å². The molecule has 4 rings (SSSR count). The van der Waals surface area contributed by atoms with Gasteiger partial charge in [-0.05, 0) is 47.5 Å². The fraction of sp³-hybridized carbons (Fsp3) is 0.182. The van der Waals surface area contributed by atoms with Gasteiger partial charge in [-0.2, -0.15) is 10.1 Å². The molecule has 0 amide bonds. The minimum Gasteiger partial charge on any atom is -0.497 e. The van der Waals surface area contributed by atoms with E-state index < -0.39 is 11.2 Å². The predicted molar refractivity (Wildman–Crippen MR) is 128 cm³/mol. The van der Waals surface area contributed by atoms with Crippen molar-refractivity contribution in [2.45, 2.75) is 6.54 Å². The van der Waals surface area contributed by atoms with E-state index in [1.165, 1.54) is 11.6 Å². The highest BCUT2D eigenvalue weighted by atomic mass is 79.9. The van der Waals surface area contributed by atoms with Crippen molar-refractivity contribution in [2.24, 2.45) is 19.2 Å². The summed E-state index contributed by atoms with van der Waals surface area (Å²) < 4.78 is 10.2. The molecule has 0 radical (unpaired) electrons. The van der Waals surface area contributed by atoms with Crippen molar-refractivity contribution >= 4 is 39.3 Å². The van der Waals surface area contributed by atoms with Gasteiger partial charge in [-0.3, -0.25) is 18.5 Å². The lowest BCUT2D eigenvalue weighted by atomic mass is 10.2. The fourth-order valence-corrected chi connectivity index (χ4v) is 3.80. The molecule has 4 aromatic rings. The molecule has 2 aromatic carbocycles. The number of nitrogens with zero attached hydrogens (tertiary/aromatic N) is 5. The summed E-state index contributed by atoms with van der Waals surface area (Å²) in [5.41, 5.74) is 4.48. The van der Waals surface area contributed by atoms with Gasteiger partial charge in [0.15, 0.2) is 11.2 Å². The molecule has 0 aliphatic rings. The van der Waals surface area contributed by atoms with E-state index in [0.717, 1.165) is 25.9 Å². The van der Waals surface area contributed by atoms with Gasteiger partial charge in [0.25, 0.3) is 5.56 Å². The first-order chi connectivity index (χ1) is 15.4. The minimum absolute atomic E-state index is 0.287. The number of imidazole rings is 1. The highest BCUT2D eigenvalue weighted by Gasteiger charge is 2.19. The van der Waals surface area contributed by atoms with E-state index in [2.05, 4.69) is 31.4 Å². The number of benzene rings is 2. The average Bonchev–Trinajstić information content (AvgIpc) is 3.15. The van der Waals surface area contributed by atoms with Gasteiger partial charge < -0.3 is 4.74 Å². The van der Waals surface area contributed by atoms with Crippen LogP contribution in [0.5, 0.6) is 5.75 Å². The molecule has 164 valence electrons. The minimum atomic E-state index is -0.442. The van der Waals surface area contributed by atoms with Crippen LogP contribution in [-0.4, -0.2) is 32.0 Å². The topological polar surface area (TPSA) is 95.4 Å². The third-order valence-corrected chi connectivity index (χ3v) is 5.56. The van der Waals surface area contributed by atoms with Gasteiger partial charge in [-0.1, -0.05) is 28.1 Å². The second-order valence-corrected chi connectivity index (χ2v) is 8.09. The third kappa shape index (κ3) is 4.09. The summed E-state index contributed by atoms with van der Waals surface area (Å²) in [5, 5.41) is 4.28. The lowest BCUT2D eigenvalue weighted by molar-refractivity contribution is 0.415. The number of aryl methyl sites for hydroxylation is 1. The van der Waals surface area contributed by atoms with Crippen LogP contribution in [0.25, 0.3) is 11.2 Å². The number of anilines is 1. The number of nitrogens with one attached hydrogen (secondary N) is 1. The maximum Gasteiger partial charge on any atom is 0.332 e.